The van der Waals surface area contributed by atoms with Crippen LogP contribution >= 0.6 is 0 Å². The number of H-pyrrole nitrogens is 1. The molecule has 8 heteroatoms. The molecule has 0 aromatic carbocycles. The largest absolute Gasteiger partial charge is 0.474 e. The molecule has 1 saturated heterocycles. The van der Waals surface area contributed by atoms with Crippen LogP contribution in [0.2, 0.25) is 0 Å². The van der Waals surface area contributed by atoms with Gasteiger partial charge in [0.1, 0.15) is 11.9 Å². The Morgan fingerprint density at radius 2 is 1.97 bits per heavy atom. The second kappa shape index (κ2) is 13.6. The number of amides is 1. The van der Waals surface area contributed by atoms with Crippen molar-refractivity contribution in [2.45, 2.75) is 65.9 Å². The molecule has 1 amide bonds. The third-order valence-electron chi connectivity index (χ3n) is 6.91. The molecule has 1 atom stereocenters. The summed E-state index contributed by atoms with van der Waals surface area (Å²) < 4.78 is 6.52. The molecule has 0 spiro atoms. The van der Waals surface area contributed by atoms with Crippen LogP contribution in [0.15, 0.2) is 86.5 Å². The van der Waals surface area contributed by atoms with E-state index < -0.39 is 0 Å². The van der Waals surface area contributed by atoms with Crippen molar-refractivity contribution < 1.29 is 9.53 Å². The molecular formula is C30H40N6O2. The molecule has 202 valence electrons. The number of aliphatic imine (C=N–C) groups is 2. The van der Waals surface area contributed by atoms with E-state index in [1.54, 1.807) is 11.1 Å². The van der Waals surface area contributed by atoms with Crippen LogP contribution < -0.4 is 5.01 Å². The van der Waals surface area contributed by atoms with Crippen molar-refractivity contribution >= 4 is 31.1 Å². The van der Waals surface area contributed by atoms with Gasteiger partial charge in [0.25, 0.3) is 0 Å². The molecule has 3 rings (SSSR count). The monoisotopic (exact) mass is 516 g/mol. The van der Waals surface area contributed by atoms with E-state index in [4.69, 9.17) is 9.73 Å². The van der Waals surface area contributed by atoms with Crippen LogP contribution in [0.4, 0.5) is 5.82 Å². The van der Waals surface area contributed by atoms with Crippen molar-refractivity contribution in [2.75, 3.05) is 18.1 Å². The number of fused-ring (bicyclic) bond motifs is 1. The first-order chi connectivity index (χ1) is 18.4. The van der Waals surface area contributed by atoms with E-state index in [0.717, 1.165) is 66.0 Å². The smallest absolute Gasteiger partial charge is 0.226 e. The number of allylic oxidation sites excluding steroid dienone is 7. The van der Waals surface area contributed by atoms with Gasteiger partial charge in [-0.3, -0.25) is 9.79 Å². The number of carbonyl (C=O) groups is 1. The van der Waals surface area contributed by atoms with Gasteiger partial charge < -0.3 is 14.6 Å². The van der Waals surface area contributed by atoms with Crippen molar-refractivity contribution in [3.05, 3.63) is 76.9 Å². The van der Waals surface area contributed by atoms with E-state index in [2.05, 4.69) is 42.0 Å². The van der Waals surface area contributed by atoms with Crippen molar-refractivity contribution in [3.8, 4) is 0 Å². The summed E-state index contributed by atoms with van der Waals surface area (Å²) in [5.41, 5.74) is 4.62. The molecular weight excluding hydrogens is 476 g/mol. The maximum Gasteiger partial charge on any atom is 0.226 e. The van der Waals surface area contributed by atoms with Gasteiger partial charge in [-0.05, 0) is 68.7 Å². The van der Waals surface area contributed by atoms with Crippen LogP contribution in [0.25, 0.3) is 0 Å². The lowest BCUT2D eigenvalue weighted by atomic mass is 10.0. The third-order valence-corrected chi connectivity index (χ3v) is 6.91. The van der Waals surface area contributed by atoms with Crippen LogP contribution in [-0.2, 0) is 9.53 Å². The highest BCUT2D eigenvalue weighted by Gasteiger charge is 2.30. The number of aromatic amines is 1. The molecule has 3 heterocycles. The fourth-order valence-corrected chi connectivity index (χ4v) is 4.71. The zero-order valence-electron chi connectivity index (χ0n) is 23.2. The Bertz CT molecular complexity index is 1210. The number of hydrogen-bond acceptors (Lipinski definition) is 6. The summed E-state index contributed by atoms with van der Waals surface area (Å²) in [7, 11) is 0. The lowest BCUT2D eigenvalue weighted by molar-refractivity contribution is -0.130. The summed E-state index contributed by atoms with van der Waals surface area (Å²) in [6, 6.07) is 1.94. The number of likely N-dealkylation sites (tertiary alicyclic amines) is 1. The van der Waals surface area contributed by atoms with E-state index in [0.29, 0.717) is 24.7 Å². The van der Waals surface area contributed by atoms with E-state index in [1.165, 1.54) is 0 Å². The van der Waals surface area contributed by atoms with Gasteiger partial charge in [0.15, 0.2) is 5.82 Å². The molecule has 1 aromatic rings. The number of aromatic nitrogens is 1. The highest BCUT2D eigenvalue weighted by Crippen LogP contribution is 2.34. The van der Waals surface area contributed by atoms with Gasteiger partial charge in [0.05, 0.1) is 11.3 Å². The molecule has 0 saturated carbocycles. The van der Waals surface area contributed by atoms with Crippen molar-refractivity contribution in [1.82, 2.24) is 9.88 Å². The second-order valence-corrected chi connectivity index (χ2v) is 9.30. The van der Waals surface area contributed by atoms with E-state index in [-0.39, 0.29) is 12.0 Å². The van der Waals surface area contributed by atoms with Crippen molar-refractivity contribution in [2.24, 2.45) is 15.1 Å². The highest BCUT2D eigenvalue weighted by molar-refractivity contribution is 6.02. The number of nitrogens with zero attached hydrogens (tertiary/aromatic N) is 5. The number of carbonyl (C=O) groups excluding carboxylic acids is 1. The van der Waals surface area contributed by atoms with Gasteiger partial charge in [0.2, 0.25) is 11.8 Å². The second-order valence-electron chi connectivity index (χ2n) is 9.30. The summed E-state index contributed by atoms with van der Waals surface area (Å²) in [5.74, 6) is 2.16. The topological polar surface area (TPSA) is 85.6 Å². The minimum absolute atomic E-state index is 0.0269. The minimum Gasteiger partial charge on any atom is -0.474 e. The Balaban J connectivity index is 1.98. The fourth-order valence-electron chi connectivity index (χ4n) is 4.71. The Hall–Kier alpha value is -3.94. The summed E-state index contributed by atoms with van der Waals surface area (Å²) in [6.07, 6.45) is 13.3. The maximum absolute atomic E-state index is 12.2. The lowest BCUT2D eigenvalue weighted by Crippen LogP contribution is -2.32. The highest BCUT2D eigenvalue weighted by atomic mass is 16.5. The molecule has 1 aromatic heterocycles. The van der Waals surface area contributed by atoms with Gasteiger partial charge in [-0.15, -0.1) is 0 Å². The third kappa shape index (κ3) is 6.49. The molecule has 0 radical (unpaired) electrons. The Morgan fingerprint density at radius 3 is 2.63 bits per heavy atom. The average molecular weight is 517 g/mol. The Morgan fingerprint density at radius 1 is 1.18 bits per heavy atom. The minimum atomic E-state index is -0.0269. The maximum atomic E-state index is 12.2. The number of ether oxygens (including phenoxy) is 1. The summed E-state index contributed by atoms with van der Waals surface area (Å²) in [6.45, 7) is 20.7. The van der Waals surface area contributed by atoms with Gasteiger partial charge in [-0.25, -0.2) is 0 Å². The Labute approximate surface area is 226 Å². The molecule has 8 nitrogen and oxygen atoms in total. The number of nitrogens with one attached hydrogen (secondary N) is 1. The normalized spacial score (nSPS) is 20.3. The molecule has 2 aliphatic rings. The first kappa shape index (κ1) is 28.6. The van der Waals surface area contributed by atoms with E-state index in [9.17, 15) is 4.79 Å². The zero-order valence-corrected chi connectivity index (χ0v) is 23.2. The van der Waals surface area contributed by atoms with Gasteiger partial charge in [-0.2, -0.15) is 15.1 Å². The first-order valence-electron chi connectivity index (χ1n) is 13.2. The van der Waals surface area contributed by atoms with Crippen LogP contribution in [0, 0.1) is 0 Å². The van der Waals surface area contributed by atoms with Crippen molar-refractivity contribution in [3.63, 3.8) is 0 Å². The summed E-state index contributed by atoms with van der Waals surface area (Å²) >= 11 is 0. The molecule has 38 heavy (non-hydrogen) atoms. The fraction of sp³-hybridized carbons (Fsp3) is 0.400. The number of anilines is 1. The van der Waals surface area contributed by atoms with E-state index in [1.807, 2.05) is 56.2 Å². The number of hydrazone groups is 1. The predicted octanol–water partition coefficient (Wildman–Crippen LogP) is 6.29. The lowest BCUT2D eigenvalue weighted by Gasteiger charge is -2.28. The number of rotatable bonds is 9. The quantitative estimate of drug-likeness (QED) is 0.309. The van der Waals surface area contributed by atoms with Gasteiger partial charge >= 0.3 is 0 Å². The van der Waals surface area contributed by atoms with Gasteiger partial charge in [-0.1, -0.05) is 38.7 Å². The molecule has 1 N–H and O–H groups in total. The zero-order chi connectivity index (χ0) is 27.7. The number of hydrogen-bond donors (Lipinski definition) is 1. The van der Waals surface area contributed by atoms with Crippen LogP contribution in [0.3, 0.4) is 0 Å². The Kier molecular flexibility index (Phi) is 10.2. The van der Waals surface area contributed by atoms with Crippen LogP contribution in [0.1, 0.15) is 65.4 Å². The van der Waals surface area contributed by atoms with Crippen LogP contribution in [-0.4, -0.2) is 54.3 Å². The van der Waals surface area contributed by atoms with E-state index >= 15 is 0 Å². The molecule has 1 fully saturated rings. The average Bonchev–Trinajstić information content (AvgIpc) is 3.30. The molecule has 0 bridgehead atoms. The summed E-state index contributed by atoms with van der Waals surface area (Å²) in [5, 5.41) is 5.99. The molecule has 1 unspecified atom stereocenters. The van der Waals surface area contributed by atoms with Crippen molar-refractivity contribution in [1.29, 1.82) is 0 Å². The van der Waals surface area contributed by atoms with Gasteiger partial charge in [0, 0.05) is 38.8 Å². The summed E-state index contributed by atoms with van der Waals surface area (Å²) in [4.78, 5) is 26.6. The standard InChI is InChI=1S/C30H40N6O2/c1-8-12-21(4)26(31-6)15-14-23(9-2)22(5)28-34-30(25-16-18-33-29(25)36(28)32-7)38-24-13-11-19-35(20-17-24)27(37)10-3/h8,12,14-16,18,24,33H,1,6-7,9-11,13,17,19-20H2,2-5H3/b21-12+,23-14+,26-15-,28-22+. The first-order valence-corrected chi connectivity index (χ1v) is 13.2. The van der Waals surface area contributed by atoms with Crippen LogP contribution in [0.5, 0.6) is 0 Å². The molecule has 2 aliphatic heterocycles. The predicted molar refractivity (Wildman–Crippen MR) is 158 cm³/mol. The molecule has 0 aliphatic carbocycles. The SMILES string of the molecule is C=C/C=C(C)/C(=C/C=C(CC)/C(C)=C1\N=C(OC2CCCN(C(=O)CC)CC2)c2cc[nH]c2N1N=C)N=C.